The molecule has 0 atom stereocenters. The molecule has 6 nitrogen and oxygen atoms in total. The minimum Gasteiger partial charge on any atom is -0.308 e. The van der Waals surface area contributed by atoms with Crippen LogP contribution in [0.4, 0.5) is 8.78 Å². The molecule has 8 heteroatoms. The quantitative estimate of drug-likeness (QED) is 0.756. The smallest absolute Gasteiger partial charge is 0.308 e. The van der Waals surface area contributed by atoms with Gasteiger partial charge >= 0.3 is 6.55 Å². The maximum Gasteiger partial charge on any atom is 0.319 e. The number of imidazole rings is 1. The molecular weight excluding hydrogens is 230 g/mol. The molecule has 1 N–H and O–H groups in total. The van der Waals surface area contributed by atoms with Crippen molar-refractivity contribution in [2.45, 2.75) is 19.6 Å². The number of halogens is 2. The van der Waals surface area contributed by atoms with Crippen molar-refractivity contribution in [1.82, 2.24) is 29.9 Å². The van der Waals surface area contributed by atoms with E-state index in [-0.39, 0.29) is 0 Å². The molecule has 92 valence electrons. The van der Waals surface area contributed by atoms with Crippen molar-refractivity contribution in [1.29, 1.82) is 0 Å². The molecule has 2 rings (SSSR count). The number of nitrogens with one attached hydrogen (secondary N) is 1. The fourth-order valence-corrected chi connectivity index (χ4v) is 1.40. The van der Waals surface area contributed by atoms with E-state index < -0.39 is 6.55 Å². The van der Waals surface area contributed by atoms with Gasteiger partial charge in [-0.25, -0.2) is 4.98 Å². The van der Waals surface area contributed by atoms with E-state index in [1.54, 1.807) is 17.1 Å². The minimum absolute atomic E-state index is 0.298. The van der Waals surface area contributed by atoms with Gasteiger partial charge in [0.15, 0.2) is 0 Å². The Morgan fingerprint density at radius 3 is 2.88 bits per heavy atom. The van der Waals surface area contributed by atoms with E-state index in [1.807, 2.05) is 0 Å². The third-order valence-electron chi connectivity index (χ3n) is 2.23. The van der Waals surface area contributed by atoms with E-state index >= 15 is 0 Å². The van der Waals surface area contributed by atoms with Crippen molar-refractivity contribution < 1.29 is 8.78 Å². The molecule has 0 bridgehead atoms. The van der Waals surface area contributed by atoms with Gasteiger partial charge in [-0.1, -0.05) is 5.21 Å². The number of nitrogens with zero attached hydrogens (tertiary/aromatic N) is 5. The van der Waals surface area contributed by atoms with Gasteiger partial charge in [-0.15, -0.1) is 5.10 Å². The molecule has 2 aromatic heterocycles. The van der Waals surface area contributed by atoms with Crippen LogP contribution in [0.3, 0.4) is 0 Å². The summed E-state index contributed by atoms with van der Waals surface area (Å²) in [5.74, 6) is 0.318. The molecule has 0 aromatic carbocycles. The first kappa shape index (κ1) is 11.6. The molecule has 0 aliphatic heterocycles. The molecule has 0 radical (unpaired) electrons. The van der Waals surface area contributed by atoms with Gasteiger partial charge in [0.25, 0.3) is 0 Å². The van der Waals surface area contributed by atoms with E-state index in [4.69, 9.17) is 0 Å². The van der Waals surface area contributed by atoms with Crippen LogP contribution in [0.25, 0.3) is 0 Å². The summed E-state index contributed by atoms with van der Waals surface area (Å²) in [5, 5.41) is 10.5. The lowest BCUT2D eigenvalue weighted by molar-refractivity contribution is 0.0666. The summed E-state index contributed by atoms with van der Waals surface area (Å²) >= 11 is 0. The SMILES string of the molecule is FC(F)n1ccnc1CNCCn1ccnn1. The maximum atomic E-state index is 12.5. The first-order valence-electron chi connectivity index (χ1n) is 5.12. The summed E-state index contributed by atoms with van der Waals surface area (Å²) in [6.07, 6.45) is 5.95. The highest BCUT2D eigenvalue weighted by molar-refractivity contribution is 4.92. The fourth-order valence-electron chi connectivity index (χ4n) is 1.40. The predicted octanol–water partition coefficient (Wildman–Crippen LogP) is 0.659. The van der Waals surface area contributed by atoms with Crippen LogP contribution in [0.2, 0.25) is 0 Å². The van der Waals surface area contributed by atoms with Crippen LogP contribution >= 0.6 is 0 Å². The van der Waals surface area contributed by atoms with Gasteiger partial charge < -0.3 is 5.32 Å². The van der Waals surface area contributed by atoms with E-state index in [0.717, 1.165) is 4.57 Å². The van der Waals surface area contributed by atoms with Gasteiger partial charge in [0.05, 0.1) is 19.3 Å². The number of aromatic nitrogens is 5. The number of rotatable bonds is 6. The Morgan fingerprint density at radius 1 is 1.29 bits per heavy atom. The van der Waals surface area contributed by atoms with Crippen LogP contribution in [0.1, 0.15) is 12.4 Å². The average molecular weight is 242 g/mol. The van der Waals surface area contributed by atoms with Gasteiger partial charge in [-0.05, 0) is 0 Å². The van der Waals surface area contributed by atoms with Crippen molar-refractivity contribution >= 4 is 0 Å². The third kappa shape index (κ3) is 3.06. The molecule has 2 heterocycles. The first-order valence-corrected chi connectivity index (χ1v) is 5.12. The normalized spacial score (nSPS) is 11.2. The fraction of sp³-hybridized carbons (Fsp3) is 0.444. The molecule has 0 saturated carbocycles. The van der Waals surface area contributed by atoms with Crippen LogP contribution in [0, 0.1) is 0 Å². The van der Waals surface area contributed by atoms with E-state index in [0.29, 0.717) is 25.5 Å². The Labute approximate surface area is 96.3 Å². The highest BCUT2D eigenvalue weighted by Crippen LogP contribution is 2.11. The predicted molar refractivity (Wildman–Crippen MR) is 55.2 cm³/mol. The lowest BCUT2D eigenvalue weighted by Crippen LogP contribution is -2.22. The average Bonchev–Trinajstić information content (AvgIpc) is 2.95. The highest BCUT2D eigenvalue weighted by Gasteiger charge is 2.10. The van der Waals surface area contributed by atoms with Crippen LogP contribution in [-0.2, 0) is 13.1 Å². The number of hydrogen-bond acceptors (Lipinski definition) is 4. The summed E-state index contributed by atoms with van der Waals surface area (Å²) in [4.78, 5) is 3.86. The molecule has 17 heavy (non-hydrogen) atoms. The maximum absolute atomic E-state index is 12.5. The molecule has 0 spiro atoms. The lowest BCUT2D eigenvalue weighted by Gasteiger charge is -2.07. The second-order valence-corrected chi connectivity index (χ2v) is 3.37. The summed E-state index contributed by atoms with van der Waals surface area (Å²) in [7, 11) is 0. The van der Waals surface area contributed by atoms with Crippen molar-refractivity contribution in [3.8, 4) is 0 Å². The standard InChI is InChI=1S/C9H12F2N6/c10-9(11)17-6-2-13-8(17)7-12-1-4-16-5-3-14-15-16/h2-3,5-6,9,12H,1,4,7H2. The molecule has 0 saturated heterocycles. The summed E-state index contributed by atoms with van der Waals surface area (Å²) in [6, 6.07) is 0. The third-order valence-corrected chi connectivity index (χ3v) is 2.23. The molecule has 0 fully saturated rings. The lowest BCUT2D eigenvalue weighted by atomic mass is 10.5. The monoisotopic (exact) mass is 242 g/mol. The molecule has 0 aliphatic rings. The van der Waals surface area contributed by atoms with Crippen LogP contribution < -0.4 is 5.32 Å². The molecular formula is C9H12F2N6. The number of hydrogen-bond donors (Lipinski definition) is 1. The Balaban J connectivity index is 1.76. The molecule has 0 unspecified atom stereocenters. The largest absolute Gasteiger partial charge is 0.319 e. The number of alkyl halides is 2. The topological polar surface area (TPSA) is 60.6 Å². The second kappa shape index (κ2) is 5.48. The highest BCUT2D eigenvalue weighted by atomic mass is 19.3. The zero-order valence-electron chi connectivity index (χ0n) is 9.00. The zero-order valence-corrected chi connectivity index (χ0v) is 9.00. The van der Waals surface area contributed by atoms with Gasteiger partial charge in [0, 0.05) is 25.1 Å². The van der Waals surface area contributed by atoms with Gasteiger partial charge in [0.1, 0.15) is 5.82 Å². The van der Waals surface area contributed by atoms with Gasteiger partial charge in [-0.3, -0.25) is 9.25 Å². The van der Waals surface area contributed by atoms with E-state index in [1.165, 1.54) is 12.4 Å². The summed E-state index contributed by atoms with van der Waals surface area (Å²) < 4.78 is 27.4. The van der Waals surface area contributed by atoms with Crippen LogP contribution in [0.5, 0.6) is 0 Å². The van der Waals surface area contributed by atoms with Crippen molar-refractivity contribution in [3.05, 3.63) is 30.6 Å². The Hall–Kier alpha value is -1.83. The van der Waals surface area contributed by atoms with Gasteiger partial charge in [0.2, 0.25) is 0 Å². The Kier molecular flexibility index (Phi) is 3.76. The molecule has 2 aromatic rings. The van der Waals surface area contributed by atoms with E-state index in [9.17, 15) is 8.78 Å². The first-order chi connectivity index (χ1) is 8.27. The van der Waals surface area contributed by atoms with E-state index in [2.05, 4.69) is 20.6 Å². The van der Waals surface area contributed by atoms with Gasteiger partial charge in [-0.2, -0.15) is 8.78 Å². The van der Waals surface area contributed by atoms with Crippen molar-refractivity contribution in [2.24, 2.45) is 0 Å². The van der Waals surface area contributed by atoms with Crippen LogP contribution in [-0.4, -0.2) is 31.1 Å². The second-order valence-electron chi connectivity index (χ2n) is 3.37. The summed E-state index contributed by atoms with van der Waals surface area (Å²) in [5.41, 5.74) is 0. The molecule has 0 amide bonds. The zero-order chi connectivity index (χ0) is 12.1. The Bertz CT molecular complexity index is 438. The Morgan fingerprint density at radius 2 is 2.18 bits per heavy atom. The summed E-state index contributed by atoms with van der Waals surface area (Å²) in [6.45, 7) is -1.01. The van der Waals surface area contributed by atoms with Crippen LogP contribution in [0.15, 0.2) is 24.8 Å². The molecule has 0 aliphatic carbocycles. The minimum atomic E-state index is -2.55. The van der Waals surface area contributed by atoms with Crippen molar-refractivity contribution in [2.75, 3.05) is 6.54 Å². The van der Waals surface area contributed by atoms with Crippen molar-refractivity contribution in [3.63, 3.8) is 0 Å².